The normalized spacial score (nSPS) is 29.4. The Morgan fingerprint density at radius 1 is 1.15 bits per heavy atom. The fourth-order valence-corrected chi connectivity index (χ4v) is 7.31. The summed E-state index contributed by atoms with van der Waals surface area (Å²) < 4.78 is 6.81. The lowest BCUT2D eigenvalue weighted by Gasteiger charge is -2.40. The van der Waals surface area contributed by atoms with Crippen molar-refractivity contribution in [3.8, 4) is 0 Å². The number of ether oxygens (including phenoxy) is 1. The van der Waals surface area contributed by atoms with Gasteiger partial charge in [-0.1, -0.05) is 49.4 Å². The first-order valence-corrected chi connectivity index (χ1v) is 14.6. The molecule has 6 atom stereocenters. The van der Waals surface area contributed by atoms with E-state index in [2.05, 4.69) is 13.2 Å². The van der Waals surface area contributed by atoms with Gasteiger partial charge < -0.3 is 24.5 Å². The van der Waals surface area contributed by atoms with Gasteiger partial charge in [0.15, 0.2) is 0 Å². The van der Waals surface area contributed by atoms with Crippen LogP contribution >= 0.6 is 0 Å². The molecule has 3 saturated heterocycles. The lowest BCUT2D eigenvalue weighted by atomic mass is 9.66. The molecule has 2 unspecified atom stereocenters. The molecule has 0 aliphatic carbocycles. The third kappa shape index (κ3) is 4.90. The maximum Gasteiger partial charge on any atom is 0.248 e. The van der Waals surface area contributed by atoms with Gasteiger partial charge in [0.05, 0.1) is 30.1 Å². The smallest absolute Gasteiger partial charge is 0.248 e. The first kappa shape index (κ1) is 30.0. The van der Waals surface area contributed by atoms with E-state index in [1.807, 2.05) is 58.0 Å². The van der Waals surface area contributed by atoms with Gasteiger partial charge in [0, 0.05) is 25.7 Å². The van der Waals surface area contributed by atoms with E-state index in [-0.39, 0.29) is 30.4 Å². The molecule has 0 saturated carbocycles. The summed E-state index contributed by atoms with van der Waals surface area (Å²) in [6.07, 6.45) is 5.61. The Morgan fingerprint density at radius 3 is 2.40 bits per heavy atom. The molecule has 3 aliphatic heterocycles. The quantitative estimate of drug-likeness (QED) is 0.381. The number of amides is 3. The van der Waals surface area contributed by atoms with Gasteiger partial charge in [-0.3, -0.25) is 14.4 Å². The average molecular weight is 552 g/mol. The van der Waals surface area contributed by atoms with Gasteiger partial charge in [-0.25, -0.2) is 0 Å². The summed E-state index contributed by atoms with van der Waals surface area (Å²) in [5.74, 6) is -2.17. The van der Waals surface area contributed by atoms with Crippen molar-refractivity contribution in [2.75, 3.05) is 26.2 Å². The van der Waals surface area contributed by atoms with Crippen LogP contribution in [0.25, 0.3) is 0 Å². The topological polar surface area (TPSA) is 90.4 Å². The van der Waals surface area contributed by atoms with E-state index in [9.17, 15) is 19.5 Å². The first-order chi connectivity index (χ1) is 19.1. The van der Waals surface area contributed by atoms with E-state index >= 15 is 0 Å². The predicted molar refractivity (Wildman–Crippen MR) is 154 cm³/mol. The lowest BCUT2D eigenvalue weighted by molar-refractivity contribution is -0.157. The summed E-state index contributed by atoms with van der Waals surface area (Å²) in [6.45, 7) is 16.4. The zero-order valence-electron chi connectivity index (χ0n) is 24.4. The van der Waals surface area contributed by atoms with Crippen LogP contribution in [0.4, 0.5) is 0 Å². The van der Waals surface area contributed by atoms with Gasteiger partial charge in [0.1, 0.15) is 11.6 Å². The second-order valence-corrected chi connectivity index (χ2v) is 11.9. The minimum atomic E-state index is -1.15. The Bertz CT molecular complexity index is 1120. The Labute approximate surface area is 238 Å². The molecule has 1 N–H and O–H groups in total. The van der Waals surface area contributed by atoms with Crippen LogP contribution in [0.5, 0.6) is 0 Å². The Hall–Kier alpha value is -2.97. The maximum absolute atomic E-state index is 14.6. The number of carbonyl (C=O) groups excluding carboxylic acids is 3. The van der Waals surface area contributed by atoms with Crippen LogP contribution in [0, 0.1) is 11.8 Å². The summed E-state index contributed by atoms with van der Waals surface area (Å²) in [5, 5.41) is 10.6. The van der Waals surface area contributed by atoms with E-state index in [0.29, 0.717) is 38.9 Å². The minimum Gasteiger partial charge on any atom is -0.394 e. The monoisotopic (exact) mass is 551 g/mol. The molecule has 1 aromatic rings. The van der Waals surface area contributed by atoms with Crippen molar-refractivity contribution in [2.45, 2.75) is 82.7 Å². The lowest BCUT2D eigenvalue weighted by Crippen LogP contribution is -2.60. The Kier molecular flexibility index (Phi) is 8.90. The molecular weight excluding hydrogens is 506 g/mol. The molecule has 40 heavy (non-hydrogen) atoms. The van der Waals surface area contributed by atoms with Crippen LogP contribution in [0.1, 0.15) is 52.5 Å². The highest BCUT2D eigenvalue weighted by atomic mass is 16.5. The van der Waals surface area contributed by atoms with Crippen molar-refractivity contribution in [3.05, 3.63) is 61.2 Å². The number of hydrogen-bond acceptors (Lipinski definition) is 5. The molecule has 3 heterocycles. The van der Waals surface area contributed by atoms with Crippen molar-refractivity contribution in [2.24, 2.45) is 11.8 Å². The summed E-state index contributed by atoms with van der Waals surface area (Å²) in [4.78, 5) is 48.2. The molecule has 4 rings (SSSR count). The van der Waals surface area contributed by atoms with Crippen molar-refractivity contribution >= 4 is 17.7 Å². The number of aliphatic hydroxyl groups excluding tert-OH is 1. The molecule has 0 aromatic heterocycles. The Morgan fingerprint density at radius 2 is 1.82 bits per heavy atom. The van der Waals surface area contributed by atoms with Crippen LogP contribution in [-0.2, 0) is 25.5 Å². The fourth-order valence-electron chi connectivity index (χ4n) is 7.31. The van der Waals surface area contributed by atoms with Crippen LogP contribution in [0.2, 0.25) is 0 Å². The zero-order valence-corrected chi connectivity index (χ0v) is 24.4. The van der Waals surface area contributed by atoms with Crippen molar-refractivity contribution < 1.29 is 24.2 Å². The molecule has 8 nitrogen and oxygen atoms in total. The number of rotatable bonds is 13. The molecular formula is C32H45N3O5. The predicted octanol–water partition coefficient (Wildman–Crippen LogP) is 3.20. The van der Waals surface area contributed by atoms with Gasteiger partial charge in [-0.05, 0) is 52.0 Å². The van der Waals surface area contributed by atoms with Crippen LogP contribution < -0.4 is 0 Å². The van der Waals surface area contributed by atoms with Crippen molar-refractivity contribution in [3.63, 3.8) is 0 Å². The van der Waals surface area contributed by atoms with E-state index < -0.39 is 35.1 Å². The molecule has 0 radical (unpaired) electrons. The SMILES string of the molecule is C=CCN(CCC)C(=O)[C@H]1[C@H]2C(=O)N([C@@H](CO)Cc3ccccc3)C(C(=O)N(CC=C)C(C)C)C23CC[C@]1(C)O3. The number of hydrogen-bond donors (Lipinski definition) is 1. The van der Waals surface area contributed by atoms with Crippen LogP contribution in [-0.4, -0.2) is 93.1 Å². The van der Waals surface area contributed by atoms with Crippen molar-refractivity contribution in [1.29, 1.82) is 0 Å². The van der Waals surface area contributed by atoms with Gasteiger partial charge in [0.2, 0.25) is 17.7 Å². The summed E-state index contributed by atoms with van der Waals surface area (Å²) in [7, 11) is 0. The maximum atomic E-state index is 14.6. The molecule has 8 heteroatoms. The highest BCUT2D eigenvalue weighted by molar-refractivity contribution is 5.99. The van der Waals surface area contributed by atoms with Crippen LogP contribution in [0.3, 0.4) is 0 Å². The molecule has 1 spiro atoms. The van der Waals surface area contributed by atoms with Crippen LogP contribution in [0.15, 0.2) is 55.6 Å². The van der Waals surface area contributed by atoms with E-state index in [0.717, 1.165) is 12.0 Å². The molecule has 1 aromatic carbocycles. The second-order valence-electron chi connectivity index (χ2n) is 11.9. The van der Waals surface area contributed by atoms with E-state index in [1.54, 1.807) is 26.9 Å². The number of aliphatic hydroxyl groups is 1. The third-order valence-electron chi connectivity index (χ3n) is 9.02. The molecule has 3 aliphatic rings. The number of nitrogens with zero attached hydrogens (tertiary/aromatic N) is 3. The summed E-state index contributed by atoms with van der Waals surface area (Å²) >= 11 is 0. The first-order valence-electron chi connectivity index (χ1n) is 14.6. The van der Waals surface area contributed by atoms with Gasteiger partial charge in [-0.2, -0.15) is 0 Å². The molecule has 3 amide bonds. The standard InChI is InChI=1S/C32H45N3O5/c1-7-17-33(18-8-2)28(37)25-26-29(38)35(24(21-36)20-23-13-11-10-12-14-23)27(30(39)34(19-9-3)22(4)5)32(26)16-15-31(25,6)40-32/h7,9-14,22,24-27,36H,1,3,8,15-21H2,2,4-6H3/t24-,25-,26+,27?,31+,32?/m1/s1. The summed E-state index contributed by atoms with van der Waals surface area (Å²) in [6, 6.07) is 7.91. The molecule has 3 fully saturated rings. The highest BCUT2D eigenvalue weighted by Crippen LogP contribution is 2.64. The van der Waals surface area contributed by atoms with E-state index in [1.165, 1.54) is 0 Å². The number of fused-ring (bicyclic) bond motifs is 1. The largest absolute Gasteiger partial charge is 0.394 e. The second kappa shape index (κ2) is 11.9. The number of benzene rings is 1. The van der Waals surface area contributed by atoms with E-state index in [4.69, 9.17) is 4.74 Å². The van der Waals surface area contributed by atoms with Gasteiger partial charge in [-0.15, -0.1) is 13.2 Å². The number of carbonyl (C=O) groups is 3. The fraction of sp³-hybridized carbons (Fsp3) is 0.594. The number of likely N-dealkylation sites (tertiary alicyclic amines) is 1. The molecule has 218 valence electrons. The minimum absolute atomic E-state index is 0.132. The Balaban J connectivity index is 1.83. The highest BCUT2D eigenvalue weighted by Gasteiger charge is 2.78. The van der Waals surface area contributed by atoms with Crippen molar-refractivity contribution in [1.82, 2.24) is 14.7 Å². The average Bonchev–Trinajstić information content (AvgIpc) is 3.50. The summed E-state index contributed by atoms with van der Waals surface area (Å²) in [5.41, 5.74) is -1.05. The third-order valence-corrected chi connectivity index (χ3v) is 9.02. The molecule has 2 bridgehead atoms. The van der Waals surface area contributed by atoms with Gasteiger partial charge in [0.25, 0.3) is 0 Å². The zero-order chi connectivity index (χ0) is 29.2. The van der Waals surface area contributed by atoms with Gasteiger partial charge >= 0.3 is 0 Å².